The van der Waals surface area contributed by atoms with E-state index in [1.54, 1.807) is 7.11 Å². The van der Waals surface area contributed by atoms with Crippen LogP contribution in [0.1, 0.15) is 37.3 Å². The first kappa shape index (κ1) is 13.3. The van der Waals surface area contributed by atoms with Gasteiger partial charge in [-0.2, -0.15) is 0 Å². The number of rotatable bonds is 4. The van der Waals surface area contributed by atoms with Gasteiger partial charge in [-0.1, -0.05) is 13.3 Å². The molecule has 0 radical (unpaired) electrons. The molecule has 0 saturated carbocycles. The van der Waals surface area contributed by atoms with Crippen LogP contribution in [0.2, 0.25) is 0 Å². The first-order valence-electron chi connectivity index (χ1n) is 6.83. The zero-order valence-corrected chi connectivity index (χ0v) is 11.3. The molecule has 0 bridgehead atoms. The van der Waals surface area contributed by atoms with Crippen LogP contribution in [0.4, 0.5) is 4.39 Å². The fraction of sp³-hybridized carbons (Fsp3) is 0.600. The zero-order chi connectivity index (χ0) is 13.0. The van der Waals surface area contributed by atoms with Crippen LogP contribution in [0.25, 0.3) is 0 Å². The van der Waals surface area contributed by atoms with E-state index in [9.17, 15) is 4.39 Å². The third-order valence-electron chi connectivity index (χ3n) is 3.71. The van der Waals surface area contributed by atoms with Gasteiger partial charge in [0.2, 0.25) is 0 Å². The van der Waals surface area contributed by atoms with Crippen molar-refractivity contribution in [3.63, 3.8) is 0 Å². The summed E-state index contributed by atoms with van der Waals surface area (Å²) in [6, 6.07) is 3.99. The van der Waals surface area contributed by atoms with E-state index in [1.165, 1.54) is 25.3 Å². The highest BCUT2D eigenvalue weighted by Gasteiger charge is 2.17. The lowest BCUT2D eigenvalue weighted by Crippen LogP contribution is -2.35. The quantitative estimate of drug-likeness (QED) is 0.888. The minimum Gasteiger partial charge on any atom is -0.496 e. The molecule has 3 heteroatoms. The largest absolute Gasteiger partial charge is 0.496 e. The molecule has 2 nitrogen and oxygen atoms in total. The first-order valence-corrected chi connectivity index (χ1v) is 6.83. The first-order chi connectivity index (χ1) is 8.74. The van der Waals surface area contributed by atoms with Crippen molar-refractivity contribution >= 4 is 0 Å². The standard InChI is InChI=1S/C15H22FNO/c1-3-11-8-12(15(18-2)10-14(11)16)9-13-6-4-5-7-17-13/h8,10,13,17H,3-7,9H2,1-2H3. The van der Waals surface area contributed by atoms with Crippen LogP contribution < -0.4 is 10.1 Å². The smallest absolute Gasteiger partial charge is 0.130 e. The molecule has 1 fully saturated rings. The van der Waals surface area contributed by atoms with Gasteiger partial charge in [0.15, 0.2) is 0 Å². The van der Waals surface area contributed by atoms with Crippen LogP contribution in [-0.4, -0.2) is 19.7 Å². The summed E-state index contributed by atoms with van der Waals surface area (Å²) in [6.07, 6.45) is 5.39. The lowest BCUT2D eigenvalue weighted by molar-refractivity contribution is 0.379. The second-order valence-corrected chi connectivity index (χ2v) is 4.96. The van der Waals surface area contributed by atoms with Crippen molar-refractivity contribution in [3.8, 4) is 5.75 Å². The summed E-state index contributed by atoms with van der Waals surface area (Å²) in [5.41, 5.74) is 1.90. The number of methoxy groups -OCH3 is 1. The molecule has 1 aromatic rings. The van der Waals surface area contributed by atoms with E-state index in [0.29, 0.717) is 11.8 Å². The van der Waals surface area contributed by atoms with E-state index in [2.05, 4.69) is 5.32 Å². The fourth-order valence-electron chi connectivity index (χ4n) is 2.64. The minimum atomic E-state index is -0.158. The maximum atomic E-state index is 13.7. The molecule has 1 aliphatic rings. The van der Waals surface area contributed by atoms with Gasteiger partial charge in [-0.25, -0.2) is 4.39 Å². The van der Waals surface area contributed by atoms with Crippen molar-refractivity contribution in [1.82, 2.24) is 5.32 Å². The predicted octanol–water partition coefficient (Wildman–Crippen LogP) is 3.08. The summed E-state index contributed by atoms with van der Waals surface area (Å²) in [6.45, 7) is 3.07. The number of nitrogens with one attached hydrogen (secondary N) is 1. The third kappa shape index (κ3) is 3.02. The lowest BCUT2D eigenvalue weighted by Gasteiger charge is -2.24. The van der Waals surface area contributed by atoms with E-state index in [4.69, 9.17) is 4.74 Å². The number of benzene rings is 1. The van der Waals surface area contributed by atoms with Crippen molar-refractivity contribution in [3.05, 3.63) is 29.1 Å². The fourth-order valence-corrected chi connectivity index (χ4v) is 2.64. The molecule has 1 aliphatic heterocycles. The number of hydrogen-bond acceptors (Lipinski definition) is 2. The molecule has 1 saturated heterocycles. The van der Waals surface area contributed by atoms with E-state index >= 15 is 0 Å². The second-order valence-electron chi connectivity index (χ2n) is 4.96. The van der Waals surface area contributed by atoms with E-state index in [0.717, 1.165) is 30.5 Å². The second kappa shape index (κ2) is 6.19. The van der Waals surface area contributed by atoms with Crippen LogP contribution in [-0.2, 0) is 12.8 Å². The van der Waals surface area contributed by atoms with Crippen molar-refractivity contribution < 1.29 is 9.13 Å². The Hall–Kier alpha value is -1.09. The molecule has 2 rings (SSSR count). The van der Waals surface area contributed by atoms with Crippen molar-refractivity contribution in [2.45, 2.75) is 45.1 Å². The van der Waals surface area contributed by atoms with Crippen LogP contribution in [0.15, 0.2) is 12.1 Å². The summed E-state index contributed by atoms with van der Waals surface area (Å²) in [5.74, 6) is 0.520. The molecule has 1 atom stereocenters. The van der Waals surface area contributed by atoms with Crippen LogP contribution >= 0.6 is 0 Å². The van der Waals surface area contributed by atoms with E-state index in [-0.39, 0.29) is 5.82 Å². The van der Waals surface area contributed by atoms with Crippen LogP contribution in [0.5, 0.6) is 5.75 Å². The van der Waals surface area contributed by atoms with Gasteiger partial charge in [-0.15, -0.1) is 0 Å². The van der Waals surface area contributed by atoms with Crippen molar-refractivity contribution in [2.75, 3.05) is 13.7 Å². The molecule has 1 aromatic carbocycles. The molecule has 0 aromatic heterocycles. The maximum Gasteiger partial charge on any atom is 0.130 e. The minimum absolute atomic E-state index is 0.158. The summed E-state index contributed by atoms with van der Waals surface area (Å²) >= 11 is 0. The number of hydrogen-bond donors (Lipinski definition) is 1. The van der Waals surface area contributed by atoms with Gasteiger partial charge in [0.25, 0.3) is 0 Å². The van der Waals surface area contributed by atoms with Crippen molar-refractivity contribution in [2.24, 2.45) is 0 Å². The summed E-state index contributed by atoms with van der Waals surface area (Å²) < 4.78 is 19.0. The Morgan fingerprint density at radius 2 is 2.17 bits per heavy atom. The monoisotopic (exact) mass is 251 g/mol. The van der Waals surface area contributed by atoms with Crippen LogP contribution in [0, 0.1) is 5.82 Å². The molecule has 0 amide bonds. The highest BCUT2D eigenvalue weighted by atomic mass is 19.1. The molecule has 18 heavy (non-hydrogen) atoms. The molecule has 1 N–H and O–H groups in total. The average molecular weight is 251 g/mol. The Labute approximate surface area is 109 Å². The molecule has 100 valence electrons. The van der Waals surface area contributed by atoms with Crippen LogP contribution in [0.3, 0.4) is 0 Å². The molecule has 0 spiro atoms. The number of aryl methyl sites for hydroxylation is 1. The molecule has 0 aliphatic carbocycles. The van der Waals surface area contributed by atoms with Gasteiger partial charge < -0.3 is 10.1 Å². The normalized spacial score (nSPS) is 19.8. The number of ether oxygens (including phenoxy) is 1. The predicted molar refractivity (Wildman–Crippen MR) is 71.7 cm³/mol. The van der Waals surface area contributed by atoms with Crippen molar-refractivity contribution in [1.29, 1.82) is 0 Å². The molecular formula is C15H22FNO. The molecule has 1 unspecified atom stereocenters. The van der Waals surface area contributed by atoms with Gasteiger partial charge in [0, 0.05) is 12.1 Å². The zero-order valence-electron chi connectivity index (χ0n) is 11.3. The average Bonchev–Trinajstić information content (AvgIpc) is 2.41. The Morgan fingerprint density at radius 1 is 1.33 bits per heavy atom. The molecule has 1 heterocycles. The highest BCUT2D eigenvalue weighted by Crippen LogP contribution is 2.26. The highest BCUT2D eigenvalue weighted by molar-refractivity contribution is 5.39. The number of piperidine rings is 1. The topological polar surface area (TPSA) is 21.3 Å². The lowest BCUT2D eigenvalue weighted by atomic mass is 9.95. The Morgan fingerprint density at radius 3 is 2.78 bits per heavy atom. The maximum absolute atomic E-state index is 13.7. The third-order valence-corrected chi connectivity index (χ3v) is 3.71. The SMILES string of the molecule is CCc1cc(CC2CCCCN2)c(OC)cc1F. The summed E-state index contributed by atoms with van der Waals surface area (Å²) in [4.78, 5) is 0. The van der Waals surface area contributed by atoms with E-state index in [1.807, 2.05) is 13.0 Å². The van der Waals surface area contributed by atoms with Gasteiger partial charge in [-0.05, 0) is 49.4 Å². The number of halogens is 1. The summed E-state index contributed by atoms with van der Waals surface area (Å²) in [5, 5.41) is 3.52. The molecular weight excluding hydrogens is 229 g/mol. The van der Waals surface area contributed by atoms with Gasteiger partial charge in [0.1, 0.15) is 11.6 Å². The van der Waals surface area contributed by atoms with Gasteiger partial charge in [-0.3, -0.25) is 0 Å². The van der Waals surface area contributed by atoms with Gasteiger partial charge >= 0.3 is 0 Å². The summed E-state index contributed by atoms with van der Waals surface area (Å²) in [7, 11) is 1.61. The Bertz CT molecular complexity index is 400. The Balaban J connectivity index is 2.18. The van der Waals surface area contributed by atoms with E-state index < -0.39 is 0 Å². The Kier molecular flexibility index (Phi) is 4.59. The van der Waals surface area contributed by atoms with Gasteiger partial charge in [0.05, 0.1) is 7.11 Å².